The number of para-hydroxylation sites is 1. The predicted octanol–water partition coefficient (Wildman–Crippen LogP) is 5.06. The maximum atomic E-state index is 13.3. The van der Waals surface area contributed by atoms with E-state index in [4.69, 9.17) is 0 Å². The van der Waals surface area contributed by atoms with Crippen LogP contribution in [0.25, 0.3) is 16.6 Å². The van der Waals surface area contributed by atoms with Crippen LogP contribution in [0.3, 0.4) is 0 Å². The van der Waals surface area contributed by atoms with Crippen molar-refractivity contribution >= 4 is 21.7 Å². The van der Waals surface area contributed by atoms with Crippen LogP contribution in [-0.2, 0) is 10.8 Å². The van der Waals surface area contributed by atoms with Crippen LogP contribution >= 0.6 is 0 Å². The number of hydrogen-bond donors (Lipinski definition) is 0. The summed E-state index contributed by atoms with van der Waals surface area (Å²) in [6.45, 7) is 5.88. The molecule has 1 aliphatic carbocycles. The molecule has 28 heavy (non-hydrogen) atoms. The van der Waals surface area contributed by atoms with Crippen LogP contribution < -0.4 is 5.43 Å². The summed E-state index contributed by atoms with van der Waals surface area (Å²) >= 11 is 0. The lowest BCUT2D eigenvalue weighted by Crippen LogP contribution is -2.15. The van der Waals surface area contributed by atoms with Crippen molar-refractivity contribution in [2.45, 2.75) is 38.6 Å². The van der Waals surface area contributed by atoms with Gasteiger partial charge in [-0.15, -0.1) is 0 Å². The van der Waals surface area contributed by atoms with Crippen LogP contribution in [-0.4, -0.2) is 13.8 Å². The van der Waals surface area contributed by atoms with E-state index in [0.717, 1.165) is 34.6 Å². The molecule has 4 nitrogen and oxygen atoms in total. The summed E-state index contributed by atoms with van der Waals surface area (Å²) in [5.74, 6) is 0. The van der Waals surface area contributed by atoms with Crippen molar-refractivity contribution in [2.24, 2.45) is 0 Å². The first-order chi connectivity index (χ1) is 13.6. The van der Waals surface area contributed by atoms with Crippen LogP contribution in [0.5, 0.6) is 0 Å². The van der Waals surface area contributed by atoms with E-state index >= 15 is 0 Å². The molecule has 0 saturated heterocycles. The second-order valence-electron chi connectivity index (χ2n) is 6.22. The van der Waals surface area contributed by atoms with Gasteiger partial charge in [-0.3, -0.25) is 9.78 Å². The van der Waals surface area contributed by atoms with Crippen molar-refractivity contribution in [3.05, 3.63) is 87.7 Å². The smallest absolute Gasteiger partial charge is 0.192 e. The number of aromatic nitrogens is 2. The maximum Gasteiger partial charge on any atom is 0.192 e. The highest BCUT2D eigenvalue weighted by molar-refractivity contribution is 7.89. The topological polar surface area (TPSA) is 52.0 Å². The van der Waals surface area contributed by atoms with Crippen LogP contribution in [0, 0.1) is 6.92 Å². The van der Waals surface area contributed by atoms with Crippen molar-refractivity contribution in [2.75, 3.05) is 0 Å². The summed E-state index contributed by atoms with van der Waals surface area (Å²) < 4.78 is 15.2. The van der Waals surface area contributed by atoms with Crippen LogP contribution in [0.15, 0.2) is 81.6 Å². The van der Waals surface area contributed by atoms with E-state index in [-0.39, 0.29) is 5.43 Å². The molecule has 0 radical (unpaired) electrons. The first kappa shape index (κ1) is 20.0. The molecule has 144 valence electrons. The molecule has 0 N–H and O–H groups in total. The molecule has 1 aromatic carbocycles. The molecule has 0 fully saturated rings. The third kappa shape index (κ3) is 3.90. The van der Waals surface area contributed by atoms with Crippen molar-refractivity contribution in [3.8, 4) is 5.69 Å². The fraction of sp³-hybridized carbons (Fsp3) is 0.217. The Bertz CT molecular complexity index is 1130. The zero-order valence-electron chi connectivity index (χ0n) is 16.4. The number of aryl methyl sites for hydroxylation is 1. The number of rotatable bonds is 3. The maximum absolute atomic E-state index is 13.3. The molecular formula is C23H24N2O2S. The molecule has 0 bridgehead atoms. The van der Waals surface area contributed by atoms with E-state index in [1.165, 1.54) is 6.07 Å². The largest absolute Gasteiger partial charge is 0.302 e. The zero-order chi connectivity index (χ0) is 20.1. The highest BCUT2D eigenvalue weighted by atomic mass is 32.2. The Hall–Kier alpha value is -2.79. The van der Waals surface area contributed by atoms with Gasteiger partial charge >= 0.3 is 0 Å². The second kappa shape index (κ2) is 8.93. The molecule has 0 saturated carbocycles. The van der Waals surface area contributed by atoms with Gasteiger partial charge in [0.25, 0.3) is 0 Å². The van der Waals surface area contributed by atoms with Crippen molar-refractivity contribution in [3.63, 3.8) is 0 Å². The normalized spacial score (nSPS) is 14.2. The molecular weight excluding hydrogens is 368 g/mol. The average Bonchev–Trinajstić information content (AvgIpc) is 2.75. The molecule has 2 aromatic heterocycles. The molecule has 0 aliphatic heterocycles. The molecule has 4 rings (SSSR count). The fourth-order valence-electron chi connectivity index (χ4n) is 3.12. The number of nitrogens with zero attached hydrogens (tertiary/aromatic N) is 2. The van der Waals surface area contributed by atoms with Gasteiger partial charge in [0.15, 0.2) is 5.43 Å². The van der Waals surface area contributed by atoms with Gasteiger partial charge in [0, 0.05) is 28.5 Å². The van der Waals surface area contributed by atoms with E-state index in [0.29, 0.717) is 10.4 Å². The van der Waals surface area contributed by atoms with Crippen molar-refractivity contribution < 1.29 is 4.21 Å². The first-order valence-electron chi connectivity index (χ1n) is 9.51. The number of allylic oxidation sites excluding steroid dienone is 3. The monoisotopic (exact) mass is 392 g/mol. The first-order valence-corrected chi connectivity index (χ1v) is 10.7. The Morgan fingerprint density at radius 2 is 1.82 bits per heavy atom. The minimum absolute atomic E-state index is 0.163. The second-order valence-corrected chi connectivity index (χ2v) is 7.64. The van der Waals surface area contributed by atoms with E-state index in [1.807, 2.05) is 80.0 Å². The Kier molecular flexibility index (Phi) is 6.37. The highest BCUT2D eigenvalue weighted by Gasteiger charge is 2.18. The van der Waals surface area contributed by atoms with E-state index < -0.39 is 10.8 Å². The molecule has 5 heteroatoms. The number of fused-ring (bicyclic) bond motifs is 1. The van der Waals surface area contributed by atoms with Gasteiger partial charge < -0.3 is 4.57 Å². The number of pyridine rings is 2. The minimum Gasteiger partial charge on any atom is -0.302 e. The van der Waals surface area contributed by atoms with Gasteiger partial charge in [0.1, 0.15) is 15.8 Å². The Morgan fingerprint density at radius 3 is 2.50 bits per heavy atom. The van der Waals surface area contributed by atoms with Crippen molar-refractivity contribution in [1.29, 1.82) is 0 Å². The zero-order valence-corrected chi connectivity index (χ0v) is 17.2. The van der Waals surface area contributed by atoms with Crippen molar-refractivity contribution in [1.82, 2.24) is 9.55 Å². The summed E-state index contributed by atoms with van der Waals surface area (Å²) in [6.07, 6.45) is 9.31. The fourth-order valence-corrected chi connectivity index (χ4v) is 4.43. The van der Waals surface area contributed by atoms with Gasteiger partial charge in [0.2, 0.25) is 0 Å². The van der Waals surface area contributed by atoms with Gasteiger partial charge in [0.05, 0.1) is 10.9 Å². The molecule has 1 unspecified atom stereocenters. The summed E-state index contributed by atoms with van der Waals surface area (Å²) in [6, 6.07) is 13.0. The van der Waals surface area contributed by atoms with Crippen LogP contribution in [0.2, 0.25) is 0 Å². The number of hydrogen-bond acceptors (Lipinski definition) is 3. The summed E-state index contributed by atoms with van der Waals surface area (Å²) in [7, 11) is -1.44. The summed E-state index contributed by atoms with van der Waals surface area (Å²) in [5, 5.41) is 1.01. The molecule has 2 heterocycles. The van der Waals surface area contributed by atoms with Gasteiger partial charge in [-0.25, -0.2) is 4.21 Å². The minimum atomic E-state index is -1.44. The molecule has 1 aliphatic rings. The molecule has 0 spiro atoms. The summed E-state index contributed by atoms with van der Waals surface area (Å²) in [4.78, 5) is 17.7. The molecule has 3 aromatic rings. The van der Waals surface area contributed by atoms with Gasteiger partial charge in [-0.05, 0) is 44.0 Å². The predicted molar refractivity (Wildman–Crippen MR) is 116 cm³/mol. The van der Waals surface area contributed by atoms with Gasteiger partial charge in [-0.2, -0.15) is 0 Å². The van der Waals surface area contributed by atoms with Crippen LogP contribution in [0.4, 0.5) is 0 Å². The third-order valence-corrected chi connectivity index (χ3v) is 5.79. The number of benzene rings is 1. The SMILES string of the molecule is CC.Cc1cc2c(cn1)c(=O)cc(S(=O)C1=CCCC=C1)n2-c1ccccc1. The third-order valence-electron chi connectivity index (χ3n) is 4.38. The standard InChI is InChI=1S/C21H18N2O2S.C2H6/c1-15-12-19-18(14-22-15)20(24)13-21(23(19)16-8-4-2-5-9-16)26(25)17-10-6-3-7-11-17;1-2/h2,4-6,8-14H,3,7H2,1H3;1-2H3. The quantitative estimate of drug-likeness (QED) is 0.626. The Morgan fingerprint density at radius 1 is 1.07 bits per heavy atom. The van der Waals surface area contributed by atoms with E-state index in [9.17, 15) is 9.00 Å². The Balaban J connectivity index is 0.00000109. The Labute approximate surface area is 167 Å². The summed E-state index contributed by atoms with van der Waals surface area (Å²) in [5.41, 5.74) is 2.23. The average molecular weight is 393 g/mol. The lowest BCUT2D eigenvalue weighted by atomic mass is 10.2. The lowest BCUT2D eigenvalue weighted by molar-refractivity contribution is 0.681. The molecule has 1 atom stereocenters. The van der Waals surface area contributed by atoms with E-state index in [2.05, 4.69) is 4.98 Å². The van der Waals surface area contributed by atoms with Crippen LogP contribution in [0.1, 0.15) is 32.4 Å². The van der Waals surface area contributed by atoms with E-state index in [1.54, 1.807) is 6.20 Å². The highest BCUT2D eigenvalue weighted by Crippen LogP contribution is 2.26. The molecule has 0 amide bonds. The van der Waals surface area contributed by atoms with Gasteiger partial charge in [-0.1, -0.05) is 44.2 Å². The lowest BCUT2D eigenvalue weighted by Gasteiger charge is -2.18.